The maximum atomic E-state index is 10.6. The summed E-state index contributed by atoms with van der Waals surface area (Å²) >= 11 is 12.4. The molecule has 0 amide bonds. The van der Waals surface area contributed by atoms with Crippen LogP contribution in [0, 0.1) is 0 Å². The molecule has 4 nitrogen and oxygen atoms in total. The number of hydrogen-bond acceptors (Lipinski definition) is 4. The van der Waals surface area contributed by atoms with Crippen LogP contribution in [0.5, 0.6) is 0 Å². The van der Waals surface area contributed by atoms with Crippen molar-refractivity contribution < 1.29 is 13.0 Å². The number of thiocarbonyl (C=S) groups is 1. The van der Waals surface area contributed by atoms with E-state index in [9.17, 15) is 8.42 Å². The van der Waals surface area contributed by atoms with Crippen LogP contribution in [-0.4, -0.2) is 52.2 Å². The Hall–Kier alpha value is 0.440. The molecule has 1 aliphatic rings. The molecule has 0 saturated carbocycles. The van der Waals surface area contributed by atoms with Crippen LogP contribution in [0.25, 0.3) is 0 Å². The quantitative estimate of drug-likeness (QED) is 0.486. The smallest absolute Gasteiger partial charge is 0.266 e. The van der Waals surface area contributed by atoms with Crippen molar-refractivity contribution in [3.63, 3.8) is 0 Å². The molecular formula is C9H16ClNO3S3. The number of halogens is 1. The van der Waals surface area contributed by atoms with Gasteiger partial charge in [0.15, 0.2) is 0 Å². The number of nitrogens with zero attached hydrogens (tertiary/aromatic N) is 1. The monoisotopic (exact) mass is 317 g/mol. The van der Waals surface area contributed by atoms with E-state index in [1.165, 1.54) is 18.2 Å². The second-order valence-electron chi connectivity index (χ2n) is 3.97. The summed E-state index contributed by atoms with van der Waals surface area (Å²) in [4.78, 5) is 2.13. The van der Waals surface area contributed by atoms with Crippen LogP contribution in [0.4, 0.5) is 0 Å². The highest BCUT2D eigenvalue weighted by Crippen LogP contribution is 2.18. The minimum atomic E-state index is -4.00. The Morgan fingerprint density at radius 3 is 2.53 bits per heavy atom. The number of hydrogen-bond donors (Lipinski definition) is 1. The average Bonchev–Trinajstić information content (AvgIpc) is 2.25. The van der Waals surface area contributed by atoms with Crippen molar-refractivity contribution in [1.29, 1.82) is 0 Å². The molecule has 1 atom stereocenters. The first-order valence-electron chi connectivity index (χ1n) is 5.39. The van der Waals surface area contributed by atoms with Gasteiger partial charge in [0.1, 0.15) is 4.32 Å². The van der Waals surface area contributed by atoms with Crippen molar-refractivity contribution in [2.75, 3.05) is 24.6 Å². The van der Waals surface area contributed by atoms with Crippen molar-refractivity contribution >= 4 is 50.0 Å². The van der Waals surface area contributed by atoms with E-state index in [0.717, 1.165) is 30.3 Å². The average molecular weight is 318 g/mol. The molecule has 1 heterocycles. The van der Waals surface area contributed by atoms with E-state index in [1.54, 1.807) is 0 Å². The summed E-state index contributed by atoms with van der Waals surface area (Å²) in [5.41, 5.74) is 0. The van der Waals surface area contributed by atoms with E-state index in [1.807, 2.05) is 0 Å². The summed E-state index contributed by atoms with van der Waals surface area (Å²) in [5.74, 6) is -0.0269. The molecule has 0 spiro atoms. The molecule has 0 aliphatic carbocycles. The van der Waals surface area contributed by atoms with Crippen molar-refractivity contribution in [3.05, 3.63) is 0 Å². The van der Waals surface area contributed by atoms with Gasteiger partial charge in [0.25, 0.3) is 10.1 Å². The second kappa shape index (κ2) is 7.13. The molecule has 17 heavy (non-hydrogen) atoms. The van der Waals surface area contributed by atoms with Gasteiger partial charge in [-0.05, 0) is 19.3 Å². The summed E-state index contributed by atoms with van der Waals surface area (Å²) in [6.07, 6.45) is 3.54. The Labute approximate surface area is 117 Å². The van der Waals surface area contributed by atoms with Gasteiger partial charge >= 0.3 is 0 Å². The minimum Gasteiger partial charge on any atom is -0.358 e. The number of rotatable bonds is 4. The van der Waals surface area contributed by atoms with Gasteiger partial charge in [0.2, 0.25) is 0 Å². The Morgan fingerprint density at radius 2 is 2.00 bits per heavy atom. The second-order valence-corrected chi connectivity index (χ2v) is 7.74. The minimum absolute atomic E-state index is 0.399. The van der Waals surface area contributed by atoms with Gasteiger partial charge < -0.3 is 4.90 Å². The fraction of sp³-hybridized carbons (Fsp3) is 0.889. The van der Waals surface area contributed by atoms with Gasteiger partial charge in [-0.2, -0.15) is 8.42 Å². The first kappa shape index (κ1) is 15.5. The normalized spacial score (nSPS) is 19.1. The zero-order valence-corrected chi connectivity index (χ0v) is 12.5. The molecule has 1 aliphatic heterocycles. The highest BCUT2D eigenvalue weighted by Gasteiger charge is 2.18. The summed E-state index contributed by atoms with van der Waals surface area (Å²) in [6, 6.07) is 0. The lowest BCUT2D eigenvalue weighted by atomic mass is 10.1. The third kappa shape index (κ3) is 6.81. The summed E-state index contributed by atoms with van der Waals surface area (Å²) in [7, 11) is -4.00. The van der Waals surface area contributed by atoms with E-state index in [4.69, 9.17) is 28.4 Å². The molecule has 1 fully saturated rings. The molecule has 1 saturated heterocycles. The van der Waals surface area contributed by atoms with Crippen LogP contribution < -0.4 is 0 Å². The molecule has 0 radical (unpaired) electrons. The van der Waals surface area contributed by atoms with Crippen LogP contribution in [0.15, 0.2) is 0 Å². The first-order chi connectivity index (χ1) is 7.88. The van der Waals surface area contributed by atoms with Crippen molar-refractivity contribution in [3.8, 4) is 0 Å². The third-order valence-electron chi connectivity index (χ3n) is 2.39. The van der Waals surface area contributed by atoms with Crippen LogP contribution >= 0.6 is 35.6 Å². The fourth-order valence-electron chi connectivity index (χ4n) is 1.61. The lowest BCUT2D eigenvalue weighted by Gasteiger charge is -2.28. The molecule has 0 aromatic carbocycles. The Morgan fingerprint density at radius 1 is 1.41 bits per heavy atom. The van der Waals surface area contributed by atoms with Crippen LogP contribution in [0.3, 0.4) is 0 Å². The highest BCUT2D eigenvalue weighted by molar-refractivity contribution is 8.23. The molecule has 0 aromatic rings. The van der Waals surface area contributed by atoms with E-state index in [-0.39, 0.29) is 0 Å². The molecule has 0 bridgehead atoms. The van der Waals surface area contributed by atoms with Crippen molar-refractivity contribution in [1.82, 2.24) is 4.90 Å². The van der Waals surface area contributed by atoms with Crippen LogP contribution in [0.2, 0.25) is 0 Å². The fourth-order valence-corrected chi connectivity index (χ4v) is 4.19. The van der Waals surface area contributed by atoms with Crippen LogP contribution in [0.1, 0.15) is 19.3 Å². The number of likely N-dealkylation sites (tertiary alicyclic amines) is 1. The lowest BCUT2D eigenvalue weighted by Crippen LogP contribution is -2.33. The van der Waals surface area contributed by atoms with E-state index in [2.05, 4.69) is 4.90 Å². The van der Waals surface area contributed by atoms with Gasteiger partial charge in [-0.3, -0.25) is 4.55 Å². The van der Waals surface area contributed by atoms with Crippen molar-refractivity contribution in [2.45, 2.75) is 24.6 Å². The van der Waals surface area contributed by atoms with Gasteiger partial charge in [0.05, 0.1) is 11.1 Å². The molecule has 0 aromatic heterocycles. The highest BCUT2D eigenvalue weighted by atomic mass is 35.5. The first-order valence-corrected chi connectivity index (χ1v) is 8.83. The summed E-state index contributed by atoms with van der Waals surface area (Å²) in [6.45, 7) is 1.94. The SMILES string of the molecule is O=S(=O)(O)CC(Cl)CSC(=S)N1CCCCC1. The lowest BCUT2D eigenvalue weighted by molar-refractivity contribution is 0.352. The van der Waals surface area contributed by atoms with E-state index < -0.39 is 21.2 Å². The van der Waals surface area contributed by atoms with Gasteiger partial charge in [-0.15, -0.1) is 11.6 Å². The number of alkyl halides is 1. The van der Waals surface area contributed by atoms with Crippen LogP contribution in [-0.2, 0) is 10.1 Å². The van der Waals surface area contributed by atoms with E-state index in [0.29, 0.717) is 5.75 Å². The predicted octanol–water partition coefficient (Wildman–Crippen LogP) is 1.99. The summed E-state index contributed by atoms with van der Waals surface area (Å²) in [5, 5.41) is -0.613. The molecule has 1 unspecified atom stereocenters. The van der Waals surface area contributed by atoms with Gasteiger partial charge in [-0.1, -0.05) is 24.0 Å². The zero-order chi connectivity index (χ0) is 12.9. The largest absolute Gasteiger partial charge is 0.358 e. The maximum absolute atomic E-state index is 10.6. The van der Waals surface area contributed by atoms with Gasteiger partial charge in [0, 0.05) is 18.8 Å². The zero-order valence-electron chi connectivity index (χ0n) is 9.34. The molecule has 1 N–H and O–H groups in total. The Bertz CT molecular complexity index is 354. The Kier molecular flexibility index (Phi) is 6.50. The molecule has 8 heteroatoms. The molecule has 1 rings (SSSR count). The Balaban J connectivity index is 2.27. The predicted molar refractivity (Wildman–Crippen MR) is 76.5 cm³/mol. The topological polar surface area (TPSA) is 57.6 Å². The standard InChI is InChI=1S/C9H16ClNO3S3/c10-8(7-17(12,13)14)6-16-9(15)11-4-2-1-3-5-11/h8H,1-7H2,(H,12,13,14). The summed E-state index contributed by atoms with van der Waals surface area (Å²) < 4.78 is 30.6. The molecule has 100 valence electrons. The third-order valence-corrected chi connectivity index (χ3v) is 5.58. The number of thioether (sulfide) groups is 1. The van der Waals surface area contributed by atoms with Crippen molar-refractivity contribution in [2.24, 2.45) is 0 Å². The number of piperidine rings is 1. The molecular weight excluding hydrogens is 302 g/mol. The van der Waals surface area contributed by atoms with E-state index >= 15 is 0 Å². The van der Waals surface area contributed by atoms with Gasteiger partial charge in [-0.25, -0.2) is 0 Å². The maximum Gasteiger partial charge on any atom is 0.266 e.